The van der Waals surface area contributed by atoms with Gasteiger partial charge in [0.05, 0.1) is 6.61 Å². The quantitative estimate of drug-likeness (QED) is 0.663. The number of nitrogens with one attached hydrogen (secondary N) is 1. The van der Waals surface area contributed by atoms with Crippen molar-refractivity contribution in [1.82, 2.24) is 10.2 Å². The second-order valence-corrected chi connectivity index (χ2v) is 6.02. The second-order valence-electron chi connectivity index (χ2n) is 6.02. The van der Waals surface area contributed by atoms with Crippen LogP contribution in [0.5, 0.6) is 0 Å². The van der Waals surface area contributed by atoms with Crippen molar-refractivity contribution < 1.29 is 4.74 Å². The summed E-state index contributed by atoms with van der Waals surface area (Å²) in [7, 11) is 3.98. The van der Waals surface area contributed by atoms with E-state index in [9.17, 15) is 0 Å². The largest absolute Gasteiger partial charge is 0.383 e. The van der Waals surface area contributed by atoms with E-state index in [0.717, 1.165) is 19.7 Å². The Bertz CT molecular complexity index is 189. The summed E-state index contributed by atoms with van der Waals surface area (Å²) in [5.41, 5.74) is 0.297. The smallest absolute Gasteiger partial charge is 0.0630 e. The van der Waals surface area contributed by atoms with Crippen LogP contribution in [0.1, 0.15) is 41.0 Å². The first-order valence-electron chi connectivity index (χ1n) is 6.76. The predicted octanol–water partition coefficient (Wildman–Crippen LogP) is 2.37. The summed E-state index contributed by atoms with van der Waals surface area (Å²) in [6.45, 7) is 14.2. The lowest BCUT2D eigenvalue weighted by molar-refractivity contribution is 0.0468. The van der Waals surface area contributed by atoms with Crippen LogP contribution in [0, 0.1) is 5.41 Å². The number of hydrogen-bond acceptors (Lipinski definition) is 3. The zero-order chi connectivity index (χ0) is 13.5. The second kappa shape index (κ2) is 8.06. The molecular formula is C14H32N2O. The van der Waals surface area contributed by atoms with Gasteiger partial charge in [-0.2, -0.15) is 0 Å². The van der Waals surface area contributed by atoms with Crippen LogP contribution in [0.3, 0.4) is 0 Å². The third kappa shape index (κ3) is 6.39. The average molecular weight is 244 g/mol. The van der Waals surface area contributed by atoms with Crippen molar-refractivity contribution in [2.24, 2.45) is 5.41 Å². The highest BCUT2D eigenvalue weighted by molar-refractivity contribution is 4.83. The van der Waals surface area contributed by atoms with Gasteiger partial charge in [-0.05, 0) is 32.4 Å². The highest BCUT2D eigenvalue weighted by atomic mass is 16.5. The molecule has 0 aromatic heterocycles. The van der Waals surface area contributed by atoms with Crippen LogP contribution in [0.2, 0.25) is 0 Å². The molecule has 0 fully saturated rings. The van der Waals surface area contributed by atoms with Crippen LogP contribution in [0.15, 0.2) is 0 Å². The predicted molar refractivity (Wildman–Crippen MR) is 75.5 cm³/mol. The standard InChI is InChI=1S/C14H32N2O/c1-8-9-15-10-13(11-17-7)16(6)12(2)14(3,4)5/h12-13,15H,8-11H2,1-7H3. The topological polar surface area (TPSA) is 24.5 Å². The van der Waals surface area contributed by atoms with Gasteiger partial charge in [0.15, 0.2) is 0 Å². The van der Waals surface area contributed by atoms with Gasteiger partial charge < -0.3 is 10.1 Å². The van der Waals surface area contributed by atoms with Crippen LogP contribution >= 0.6 is 0 Å². The number of hydrogen-bond donors (Lipinski definition) is 1. The minimum Gasteiger partial charge on any atom is -0.383 e. The summed E-state index contributed by atoms with van der Waals surface area (Å²) in [4.78, 5) is 2.44. The molecule has 0 aliphatic carbocycles. The molecule has 0 heterocycles. The van der Waals surface area contributed by atoms with E-state index in [4.69, 9.17) is 4.74 Å². The van der Waals surface area contributed by atoms with E-state index in [-0.39, 0.29) is 0 Å². The van der Waals surface area contributed by atoms with E-state index in [1.165, 1.54) is 6.42 Å². The van der Waals surface area contributed by atoms with Crippen LogP contribution in [0.25, 0.3) is 0 Å². The Morgan fingerprint density at radius 3 is 2.29 bits per heavy atom. The molecule has 3 heteroatoms. The highest BCUT2D eigenvalue weighted by Gasteiger charge is 2.28. The molecule has 0 bridgehead atoms. The maximum Gasteiger partial charge on any atom is 0.0630 e. The molecule has 0 aliphatic rings. The van der Waals surface area contributed by atoms with Crippen LogP contribution < -0.4 is 5.32 Å². The molecule has 104 valence electrons. The summed E-state index contributed by atoms with van der Waals surface area (Å²) < 4.78 is 5.34. The summed E-state index contributed by atoms with van der Waals surface area (Å²) in [5.74, 6) is 0. The molecule has 0 spiro atoms. The highest BCUT2D eigenvalue weighted by Crippen LogP contribution is 2.24. The van der Waals surface area contributed by atoms with Crippen molar-refractivity contribution in [1.29, 1.82) is 0 Å². The molecule has 17 heavy (non-hydrogen) atoms. The Balaban J connectivity index is 4.36. The first-order chi connectivity index (χ1) is 7.84. The molecule has 1 N–H and O–H groups in total. The number of nitrogens with zero attached hydrogens (tertiary/aromatic N) is 1. The Kier molecular flexibility index (Phi) is 8.01. The number of rotatable bonds is 8. The summed E-state index contributed by atoms with van der Waals surface area (Å²) in [6.07, 6.45) is 1.18. The molecule has 0 rings (SSSR count). The van der Waals surface area contributed by atoms with Gasteiger partial charge in [0.1, 0.15) is 0 Å². The number of ether oxygens (including phenoxy) is 1. The van der Waals surface area contributed by atoms with Crippen LogP contribution in [-0.4, -0.2) is 50.8 Å². The van der Waals surface area contributed by atoms with Crippen molar-refractivity contribution in [2.45, 2.75) is 53.1 Å². The molecule has 0 amide bonds. The first-order valence-corrected chi connectivity index (χ1v) is 6.76. The minimum absolute atomic E-state index is 0.297. The third-order valence-corrected chi connectivity index (χ3v) is 3.61. The molecule has 0 radical (unpaired) electrons. The van der Waals surface area contributed by atoms with Gasteiger partial charge >= 0.3 is 0 Å². The molecule has 3 nitrogen and oxygen atoms in total. The van der Waals surface area contributed by atoms with Crippen molar-refractivity contribution in [3.63, 3.8) is 0 Å². The van der Waals surface area contributed by atoms with Crippen LogP contribution in [-0.2, 0) is 4.74 Å². The normalized spacial score (nSPS) is 16.2. The minimum atomic E-state index is 0.297. The molecule has 0 aliphatic heterocycles. The van der Waals surface area contributed by atoms with Crippen molar-refractivity contribution in [3.8, 4) is 0 Å². The average Bonchev–Trinajstić information content (AvgIpc) is 2.25. The van der Waals surface area contributed by atoms with Gasteiger partial charge in [-0.3, -0.25) is 4.90 Å². The summed E-state index contributed by atoms with van der Waals surface area (Å²) >= 11 is 0. The Hall–Kier alpha value is -0.120. The number of likely N-dealkylation sites (N-methyl/N-ethyl adjacent to an activating group) is 1. The SMILES string of the molecule is CCCNCC(COC)N(C)C(C)C(C)(C)C. The Morgan fingerprint density at radius 2 is 1.88 bits per heavy atom. The maximum absolute atomic E-state index is 5.34. The molecule has 2 atom stereocenters. The third-order valence-electron chi connectivity index (χ3n) is 3.61. The van der Waals surface area contributed by atoms with Gasteiger partial charge in [-0.1, -0.05) is 27.7 Å². The number of methoxy groups -OCH3 is 1. The lowest BCUT2D eigenvalue weighted by Crippen LogP contribution is -2.51. The van der Waals surface area contributed by atoms with Gasteiger partial charge in [-0.25, -0.2) is 0 Å². The monoisotopic (exact) mass is 244 g/mol. The Labute approximate surface area is 108 Å². The molecule has 0 aromatic rings. The summed E-state index contributed by atoms with van der Waals surface area (Å²) in [6, 6.07) is 0.979. The molecule has 0 aromatic carbocycles. The van der Waals surface area contributed by atoms with Crippen molar-refractivity contribution in [3.05, 3.63) is 0 Å². The lowest BCUT2D eigenvalue weighted by atomic mass is 9.86. The van der Waals surface area contributed by atoms with Gasteiger partial charge in [0, 0.05) is 25.7 Å². The fourth-order valence-electron chi connectivity index (χ4n) is 1.89. The van der Waals surface area contributed by atoms with E-state index in [0.29, 0.717) is 17.5 Å². The van der Waals surface area contributed by atoms with E-state index >= 15 is 0 Å². The van der Waals surface area contributed by atoms with Crippen molar-refractivity contribution >= 4 is 0 Å². The molecule has 0 saturated carbocycles. The first kappa shape index (κ1) is 16.9. The fraction of sp³-hybridized carbons (Fsp3) is 1.00. The van der Waals surface area contributed by atoms with Gasteiger partial charge in [0.25, 0.3) is 0 Å². The fourth-order valence-corrected chi connectivity index (χ4v) is 1.89. The van der Waals surface area contributed by atoms with E-state index in [1.807, 2.05) is 0 Å². The van der Waals surface area contributed by atoms with E-state index < -0.39 is 0 Å². The van der Waals surface area contributed by atoms with Crippen molar-refractivity contribution in [2.75, 3.05) is 33.9 Å². The van der Waals surface area contributed by atoms with E-state index in [1.54, 1.807) is 7.11 Å². The van der Waals surface area contributed by atoms with E-state index in [2.05, 4.69) is 51.9 Å². The zero-order valence-corrected chi connectivity index (χ0v) is 12.8. The molecule has 2 unspecified atom stereocenters. The molecule has 0 saturated heterocycles. The van der Waals surface area contributed by atoms with Gasteiger partial charge in [-0.15, -0.1) is 0 Å². The summed E-state index contributed by atoms with van der Waals surface area (Å²) in [5, 5.41) is 3.49. The maximum atomic E-state index is 5.34. The lowest BCUT2D eigenvalue weighted by Gasteiger charge is -2.40. The zero-order valence-electron chi connectivity index (χ0n) is 12.8. The van der Waals surface area contributed by atoms with Crippen LogP contribution in [0.4, 0.5) is 0 Å². The molecular weight excluding hydrogens is 212 g/mol. The van der Waals surface area contributed by atoms with Gasteiger partial charge in [0.2, 0.25) is 0 Å². The Morgan fingerprint density at radius 1 is 1.29 bits per heavy atom.